The molecular weight excluding hydrogens is 350 g/mol. The zero-order valence-electron chi connectivity index (χ0n) is 14.7. The molecule has 0 unspecified atom stereocenters. The number of benzene rings is 2. The highest BCUT2D eigenvalue weighted by molar-refractivity contribution is 7.99. The van der Waals surface area contributed by atoms with Crippen LogP contribution in [0.15, 0.2) is 53.7 Å². The monoisotopic (exact) mass is 369 g/mol. The molecule has 3 aromatic rings. The van der Waals surface area contributed by atoms with Gasteiger partial charge in [0, 0.05) is 17.4 Å². The number of nitro groups is 1. The van der Waals surface area contributed by atoms with Crippen LogP contribution in [-0.4, -0.2) is 25.1 Å². The lowest BCUT2D eigenvalue weighted by molar-refractivity contribution is -0.384. The summed E-state index contributed by atoms with van der Waals surface area (Å²) >= 11 is 1.46. The van der Waals surface area contributed by atoms with Crippen molar-refractivity contribution in [3.63, 3.8) is 0 Å². The van der Waals surface area contributed by atoms with Gasteiger partial charge in [0.15, 0.2) is 0 Å². The first kappa shape index (κ1) is 18.1. The standard InChI is InChI=1S/C18H19N5O2S/c1-12(2)14-7-9-16(10-8-14)22-18(19-20-21-22)26-13(3)15-5-4-6-17(11-15)23(24)25/h4-13H,1-3H3/t13-/m1/s1. The maximum Gasteiger partial charge on any atom is 0.269 e. The van der Waals surface area contributed by atoms with E-state index < -0.39 is 0 Å². The van der Waals surface area contributed by atoms with Crippen molar-refractivity contribution >= 4 is 17.4 Å². The van der Waals surface area contributed by atoms with Crippen LogP contribution in [-0.2, 0) is 0 Å². The number of non-ortho nitro benzene ring substituents is 1. The van der Waals surface area contributed by atoms with Crippen molar-refractivity contribution in [2.24, 2.45) is 0 Å². The van der Waals surface area contributed by atoms with E-state index in [0.29, 0.717) is 11.1 Å². The first-order valence-corrected chi connectivity index (χ1v) is 9.13. The van der Waals surface area contributed by atoms with Crippen LogP contribution in [0.1, 0.15) is 43.1 Å². The number of thioether (sulfide) groups is 1. The third-order valence-electron chi connectivity index (χ3n) is 4.08. The first-order chi connectivity index (χ1) is 12.5. The number of aromatic nitrogens is 4. The SMILES string of the molecule is CC(C)c1ccc(-n2nnnc2S[C@H](C)c2cccc([N+](=O)[O-])c2)cc1. The smallest absolute Gasteiger partial charge is 0.258 e. The summed E-state index contributed by atoms with van der Waals surface area (Å²) in [6, 6.07) is 14.8. The van der Waals surface area contributed by atoms with E-state index in [1.807, 2.05) is 25.1 Å². The zero-order chi connectivity index (χ0) is 18.7. The molecule has 0 saturated heterocycles. The summed E-state index contributed by atoms with van der Waals surface area (Å²) in [5.41, 5.74) is 3.07. The molecule has 26 heavy (non-hydrogen) atoms. The molecule has 1 atom stereocenters. The Morgan fingerprint density at radius 3 is 2.46 bits per heavy atom. The van der Waals surface area contributed by atoms with Crippen molar-refractivity contribution in [2.45, 2.75) is 37.1 Å². The zero-order valence-corrected chi connectivity index (χ0v) is 15.6. The lowest BCUT2D eigenvalue weighted by Gasteiger charge is -2.12. The highest BCUT2D eigenvalue weighted by atomic mass is 32.2. The number of hydrogen-bond acceptors (Lipinski definition) is 6. The number of rotatable bonds is 6. The van der Waals surface area contributed by atoms with Gasteiger partial charge in [0.05, 0.1) is 10.6 Å². The van der Waals surface area contributed by atoms with Gasteiger partial charge in [-0.2, -0.15) is 4.68 Å². The lowest BCUT2D eigenvalue weighted by Crippen LogP contribution is -2.01. The van der Waals surface area contributed by atoms with Gasteiger partial charge in [0.25, 0.3) is 5.69 Å². The Kier molecular flexibility index (Phi) is 5.32. The number of nitrogens with zero attached hydrogens (tertiary/aromatic N) is 5. The Hall–Kier alpha value is -2.74. The van der Waals surface area contributed by atoms with Crippen LogP contribution >= 0.6 is 11.8 Å². The van der Waals surface area contributed by atoms with Crippen molar-refractivity contribution in [2.75, 3.05) is 0 Å². The van der Waals surface area contributed by atoms with E-state index in [1.54, 1.807) is 16.8 Å². The average Bonchev–Trinajstić information content (AvgIpc) is 3.10. The van der Waals surface area contributed by atoms with E-state index in [0.717, 1.165) is 11.3 Å². The number of tetrazole rings is 1. The van der Waals surface area contributed by atoms with Gasteiger partial charge in [-0.3, -0.25) is 10.1 Å². The second kappa shape index (κ2) is 7.65. The Morgan fingerprint density at radius 2 is 1.81 bits per heavy atom. The van der Waals surface area contributed by atoms with Gasteiger partial charge in [-0.25, -0.2) is 0 Å². The second-order valence-corrected chi connectivity index (χ2v) is 7.54. The van der Waals surface area contributed by atoms with Gasteiger partial charge >= 0.3 is 0 Å². The van der Waals surface area contributed by atoms with Crippen molar-refractivity contribution in [1.29, 1.82) is 0 Å². The van der Waals surface area contributed by atoms with Crippen molar-refractivity contribution in [3.05, 3.63) is 69.8 Å². The molecule has 1 heterocycles. The molecule has 0 fully saturated rings. The molecule has 2 aromatic carbocycles. The van der Waals surface area contributed by atoms with E-state index in [-0.39, 0.29) is 15.9 Å². The molecule has 134 valence electrons. The lowest BCUT2D eigenvalue weighted by atomic mass is 10.0. The van der Waals surface area contributed by atoms with Crippen LogP contribution in [0.5, 0.6) is 0 Å². The fourth-order valence-corrected chi connectivity index (χ4v) is 3.46. The van der Waals surface area contributed by atoms with Crippen LogP contribution in [0.3, 0.4) is 0 Å². The highest BCUT2D eigenvalue weighted by Crippen LogP contribution is 2.35. The molecule has 0 bridgehead atoms. The maximum atomic E-state index is 11.0. The van der Waals surface area contributed by atoms with Gasteiger partial charge in [-0.15, -0.1) is 5.10 Å². The third kappa shape index (κ3) is 3.91. The van der Waals surface area contributed by atoms with Gasteiger partial charge < -0.3 is 0 Å². The van der Waals surface area contributed by atoms with E-state index in [9.17, 15) is 10.1 Å². The summed E-state index contributed by atoms with van der Waals surface area (Å²) < 4.78 is 1.68. The van der Waals surface area contributed by atoms with Gasteiger partial charge in [0.1, 0.15) is 0 Å². The molecule has 0 aliphatic heterocycles. The van der Waals surface area contributed by atoms with Crippen LogP contribution in [0, 0.1) is 10.1 Å². The van der Waals surface area contributed by atoms with Crippen molar-refractivity contribution in [1.82, 2.24) is 20.2 Å². The Bertz CT molecular complexity index is 908. The average molecular weight is 369 g/mol. The minimum absolute atomic E-state index is 0.0328. The summed E-state index contributed by atoms with van der Waals surface area (Å²) in [5.74, 6) is 0.459. The minimum Gasteiger partial charge on any atom is -0.258 e. The van der Waals surface area contributed by atoms with Crippen molar-refractivity contribution < 1.29 is 4.92 Å². The second-order valence-electron chi connectivity index (χ2n) is 6.23. The maximum absolute atomic E-state index is 11.0. The van der Waals surface area contributed by atoms with Crippen molar-refractivity contribution in [3.8, 4) is 5.69 Å². The molecule has 0 aliphatic rings. The van der Waals surface area contributed by atoms with Gasteiger partial charge in [0.2, 0.25) is 5.16 Å². The number of nitro benzene ring substituents is 1. The number of hydrogen-bond donors (Lipinski definition) is 0. The molecule has 0 amide bonds. The minimum atomic E-state index is -0.388. The fourth-order valence-electron chi connectivity index (χ4n) is 2.53. The Balaban J connectivity index is 1.82. The van der Waals surface area contributed by atoms with Crippen LogP contribution in [0.25, 0.3) is 5.69 Å². The highest BCUT2D eigenvalue weighted by Gasteiger charge is 2.17. The van der Waals surface area contributed by atoms with Crippen LogP contribution < -0.4 is 0 Å². The largest absolute Gasteiger partial charge is 0.269 e. The summed E-state index contributed by atoms with van der Waals surface area (Å²) in [7, 11) is 0. The first-order valence-electron chi connectivity index (χ1n) is 8.25. The molecule has 3 rings (SSSR count). The molecule has 0 aliphatic carbocycles. The van der Waals surface area contributed by atoms with E-state index in [4.69, 9.17) is 0 Å². The predicted molar refractivity (Wildman–Crippen MR) is 101 cm³/mol. The van der Waals surface area contributed by atoms with E-state index in [1.165, 1.54) is 23.4 Å². The summed E-state index contributed by atoms with van der Waals surface area (Å²) in [5, 5.41) is 23.5. The van der Waals surface area contributed by atoms with E-state index >= 15 is 0 Å². The Labute approximate surface area is 155 Å². The van der Waals surface area contributed by atoms with Crippen LogP contribution in [0.2, 0.25) is 0 Å². The molecule has 0 N–H and O–H groups in total. The summed E-state index contributed by atoms with van der Waals surface area (Å²) in [6.07, 6.45) is 0. The molecule has 1 aromatic heterocycles. The summed E-state index contributed by atoms with van der Waals surface area (Å²) in [6.45, 7) is 6.27. The molecule has 0 radical (unpaired) electrons. The van der Waals surface area contributed by atoms with Gasteiger partial charge in [-0.1, -0.05) is 49.9 Å². The normalized spacial score (nSPS) is 12.3. The Morgan fingerprint density at radius 1 is 1.08 bits per heavy atom. The fraction of sp³-hybridized carbons (Fsp3) is 0.278. The summed E-state index contributed by atoms with van der Waals surface area (Å²) in [4.78, 5) is 10.6. The molecule has 8 heteroatoms. The van der Waals surface area contributed by atoms with Gasteiger partial charge in [-0.05, 0) is 46.5 Å². The molecular formula is C18H19N5O2S. The quantitative estimate of drug-likeness (QED) is 0.360. The molecule has 7 nitrogen and oxygen atoms in total. The third-order valence-corrected chi connectivity index (χ3v) is 5.17. The predicted octanol–water partition coefficient (Wildman–Crippen LogP) is 4.55. The molecule has 0 spiro atoms. The van der Waals surface area contributed by atoms with Crippen LogP contribution in [0.4, 0.5) is 5.69 Å². The molecule has 0 saturated carbocycles. The topological polar surface area (TPSA) is 86.7 Å². The van der Waals surface area contributed by atoms with E-state index in [2.05, 4.69) is 41.5 Å².